The molecule has 1 nitrogen and oxygen atoms in total. The van der Waals surface area contributed by atoms with Gasteiger partial charge in [0.1, 0.15) is 5.82 Å². The van der Waals surface area contributed by atoms with E-state index in [1.807, 2.05) is 0 Å². The fraction of sp³-hybridized carbons (Fsp3) is 0.400. The van der Waals surface area contributed by atoms with E-state index in [1.54, 1.807) is 0 Å². The minimum Gasteiger partial charge on any atom is -0.310 e. The van der Waals surface area contributed by atoms with Crippen LogP contribution in [0.4, 0.5) is 13.2 Å². The maximum absolute atomic E-state index is 13.3. The van der Waals surface area contributed by atoms with Gasteiger partial charge in [0.2, 0.25) is 0 Å². The number of nitrogens with one attached hydrogen (secondary N) is 1. The third-order valence-electron chi connectivity index (χ3n) is 2.46. The van der Waals surface area contributed by atoms with E-state index in [9.17, 15) is 13.2 Å². The van der Waals surface area contributed by atoms with Gasteiger partial charge in [0.25, 0.3) is 0 Å². The summed E-state index contributed by atoms with van der Waals surface area (Å²) < 4.78 is 38.9. The first-order valence-corrected chi connectivity index (χ1v) is 4.56. The molecule has 0 amide bonds. The summed E-state index contributed by atoms with van der Waals surface area (Å²) >= 11 is 0. The third kappa shape index (κ3) is 1.62. The van der Waals surface area contributed by atoms with Gasteiger partial charge in [-0.3, -0.25) is 0 Å². The van der Waals surface area contributed by atoms with Crippen molar-refractivity contribution < 1.29 is 13.2 Å². The molecule has 0 aliphatic carbocycles. The Morgan fingerprint density at radius 1 is 1.21 bits per heavy atom. The Labute approximate surface area is 79.9 Å². The van der Waals surface area contributed by atoms with Gasteiger partial charge in [-0.2, -0.15) is 0 Å². The van der Waals surface area contributed by atoms with Crippen molar-refractivity contribution >= 4 is 0 Å². The van der Waals surface area contributed by atoms with E-state index in [-0.39, 0.29) is 11.6 Å². The molecule has 1 N–H and O–H groups in total. The minimum absolute atomic E-state index is 0.0972. The molecule has 1 aliphatic rings. The van der Waals surface area contributed by atoms with Crippen molar-refractivity contribution in [3.8, 4) is 0 Å². The normalized spacial score (nSPS) is 21.5. The van der Waals surface area contributed by atoms with E-state index in [2.05, 4.69) is 5.32 Å². The van der Waals surface area contributed by atoms with Gasteiger partial charge < -0.3 is 5.32 Å². The molecule has 1 aromatic carbocycles. The Morgan fingerprint density at radius 3 is 2.64 bits per heavy atom. The van der Waals surface area contributed by atoms with Gasteiger partial charge in [-0.05, 0) is 25.5 Å². The molecule has 0 bridgehead atoms. The summed E-state index contributed by atoms with van der Waals surface area (Å²) in [7, 11) is 0. The molecule has 1 heterocycles. The summed E-state index contributed by atoms with van der Waals surface area (Å²) in [5, 5.41) is 2.99. The molecule has 0 radical (unpaired) electrons. The average molecular weight is 201 g/mol. The lowest BCUT2D eigenvalue weighted by molar-refractivity contribution is 0.468. The minimum atomic E-state index is -1.12. The molecule has 1 saturated heterocycles. The lowest BCUT2D eigenvalue weighted by atomic mass is 10.0. The summed E-state index contributed by atoms with van der Waals surface area (Å²) in [6.45, 7) is 0.766. The molecule has 1 fully saturated rings. The first kappa shape index (κ1) is 9.52. The van der Waals surface area contributed by atoms with Gasteiger partial charge in [0.15, 0.2) is 11.6 Å². The predicted molar refractivity (Wildman–Crippen MR) is 46.3 cm³/mol. The van der Waals surface area contributed by atoms with Crippen molar-refractivity contribution in [1.29, 1.82) is 0 Å². The predicted octanol–water partition coefficient (Wildman–Crippen LogP) is 2.53. The Balaban J connectivity index is 2.40. The van der Waals surface area contributed by atoms with Gasteiger partial charge in [-0.25, -0.2) is 13.2 Å². The molecular weight excluding hydrogens is 191 g/mol. The van der Waals surface area contributed by atoms with Crippen LogP contribution >= 0.6 is 0 Å². The zero-order valence-electron chi connectivity index (χ0n) is 7.49. The zero-order chi connectivity index (χ0) is 10.1. The quantitative estimate of drug-likeness (QED) is 0.688. The summed E-state index contributed by atoms with van der Waals surface area (Å²) in [6.07, 6.45) is 1.63. The molecule has 1 aliphatic heterocycles. The second-order valence-corrected chi connectivity index (χ2v) is 3.44. The summed E-state index contributed by atoms with van der Waals surface area (Å²) in [5.74, 6) is -2.79. The van der Waals surface area contributed by atoms with Gasteiger partial charge in [0, 0.05) is 17.7 Å². The highest BCUT2D eigenvalue weighted by Gasteiger charge is 2.22. The van der Waals surface area contributed by atoms with Crippen molar-refractivity contribution in [3.63, 3.8) is 0 Å². The Morgan fingerprint density at radius 2 is 2.00 bits per heavy atom. The number of halogens is 3. The summed E-state index contributed by atoms with van der Waals surface area (Å²) in [4.78, 5) is 0. The SMILES string of the molecule is Fc1cc(F)c(F)c(C2CCCN2)c1. The maximum Gasteiger partial charge on any atom is 0.163 e. The van der Waals surface area contributed by atoms with E-state index >= 15 is 0 Å². The van der Waals surface area contributed by atoms with Crippen LogP contribution in [0.5, 0.6) is 0 Å². The summed E-state index contributed by atoms with van der Waals surface area (Å²) in [6, 6.07) is 1.37. The van der Waals surface area contributed by atoms with E-state index < -0.39 is 17.5 Å². The molecular formula is C10H10F3N. The molecule has 1 aromatic rings. The van der Waals surface area contributed by atoms with E-state index in [0.717, 1.165) is 25.5 Å². The molecule has 14 heavy (non-hydrogen) atoms. The highest BCUT2D eigenvalue weighted by Crippen LogP contribution is 2.27. The molecule has 0 saturated carbocycles. The van der Waals surface area contributed by atoms with Crippen LogP contribution in [0, 0.1) is 17.5 Å². The molecule has 76 valence electrons. The topological polar surface area (TPSA) is 12.0 Å². The molecule has 1 atom stereocenters. The first-order chi connectivity index (χ1) is 6.68. The maximum atomic E-state index is 13.3. The fourth-order valence-corrected chi connectivity index (χ4v) is 1.78. The number of hydrogen-bond acceptors (Lipinski definition) is 1. The van der Waals surface area contributed by atoms with E-state index in [4.69, 9.17) is 0 Å². The van der Waals surface area contributed by atoms with Crippen molar-refractivity contribution in [2.24, 2.45) is 0 Å². The van der Waals surface area contributed by atoms with Gasteiger partial charge >= 0.3 is 0 Å². The van der Waals surface area contributed by atoms with Crippen LogP contribution in [0.15, 0.2) is 12.1 Å². The largest absolute Gasteiger partial charge is 0.310 e. The highest BCUT2D eigenvalue weighted by atomic mass is 19.2. The lowest BCUT2D eigenvalue weighted by Crippen LogP contribution is -2.15. The molecule has 0 spiro atoms. The standard InChI is InChI=1S/C10H10F3N/c11-6-4-7(9-2-1-3-14-9)10(13)8(12)5-6/h4-5,9,14H,1-3H2. The van der Waals surface area contributed by atoms with Crippen LogP contribution in [0.2, 0.25) is 0 Å². The lowest BCUT2D eigenvalue weighted by Gasteiger charge is -2.11. The van der Waals surface area contributed by atoms with Crippen LogP contribution in [0.25, 0.3) is 0 Å². The third-order valence-corrected chi connectivity index (χ3v) is 2.46. The number of benzene rings is 1. The van der Waals surface area contributed by atoms with Gasteiger partial charge in [-0.15, -0.1) is 0 Å². The smallest absolute Gasteiger partial charge is 0.163 e. The Kier molecular flexibility index (Phi) is 2.46. The fourth-order valence-electron chi connectivity index (χ4n) is 1.78. The molecule has 4 heteroatoms. The second kappa shape index (κ2) is 3.61. The van der Waals surface area contributed by atoms with E-state index in [0.29, 0.717) is 6.07 Å². The van der Waals surface area contributed by atoms with Crippen LogP contribution in [0.3, 0.4) is 0 Å². The van der Waals surface area contributed by atoms with Crippen molar-refractivity contribution in [2.45, 2.75) is 18.9 Å². The first-order valence-electron chi connectivity index (χ1n) is 4.56. The van der Waals surface area contributed by atoms with Gasteiger partial charge in [0.05, 0.1) is 0 Å². The van der Waals surface area contributed by atoms with Crippen LogP contribution < -0.4 is 5.32 Å². The number of hydrogen-bond donors (Lipinski definition) is 1. The molecule has 1 unspecified atom stereocenters. The van der Waals surface area contributed by atoms with Crippen molar-refractivity contribution in [2.75, 3.05) is 6.54 Å². The Hall–Kier alpha value is -1.03. The molecule has 0 aromatic heterocycles. The number of rotatable bonds is 1. The van der Waals surface area contributed by atoms with Crippen LogP contribution in [-0.2, 0) is 0 Å². The monoisotopic (exact) mass is 201 g/mol. The van der Waals surface area contributed by atoms with E-state index in [1.165, 1.54) is 0 Å². The van der Waals surface area contributed by atoms with Crippen molar-refractivity contribution in [3.05, 3.63) is 35.1 Å². The van der Waals surface area contributed by atoms with Crippen LogP contribution in [-0.4, -0.2) is 6.54 Å². The zero-order valence-corrected chi connectivity index (χ0v) is 7.49. The van der Waals surface area contributed by atoms with Crippen LogP contribution in [0.1, 0.15) is 24.4 Å². The van der Waals surface area contributed by atoms with Gasteiger partial charge in [-0.1, -0.05) is 0 Å². The van der Waals surface area contributed by atoms with Crippen molar-refractivity contribution in [1.82, 2.24) is 5.32 Å². The second-order valence-electron chi connectivity index (χ2n) is 3.44. The highest BCUT2D eigenvalue weighted by molar-refractivity contribution is 5.24. The average Bonchev–Trinajstić information content (AvgIpc) is 2.63. The molecule has 2 rings (SSSR count). The Bertz CT molecular complexity index is 345. The summed E-state index contributed by atoms with van der Waals surface area (Å²) in [5.41, 5.74) is 0.0972.